The largest absolute Gasteiger partial charge is 0.338 e. The first-order valence-electron chi connectivity index (χ1n) is 6.77. The van der Waals surface area contributed by atoms with Gasteiger partial charge in [0.2, 0.25) is 5.91 Å². The summed E-state index contributed by atoms with van der Waals surface area (Å²) in [6.07, 6.45) is 6.28. The Balaban J connectivity index is 2.10. The van der Waals surface area contributed by atoms with Crippen LogP contribution in [0, 0.1) is 5.92 Å². The highest BCUT2D eigenvalue weighted by molar-refractivity contribution is 8.00. The molecule has 0 aliphatic heterocycles. The third-order valence-corrected chi connectivity index (χ3v) is 4.30. The summed E-state index contributed by atoms with van der Waals surface area (Å²) in [5.41, 5.74) is 0. The molecule has 0 aromatic heterocycles. The minimum atomic E-state index is -0.377. The summed E-state index contributed by atoms with van der Waals surface area (Å²) in [5, 5.41) is 5.64. The SMILES string of the molecule is CC(C)CNC(=O)NC(=O)CSC1CCCCC1. The van der Waals surface area contributed by atoms with Gasteiger partial charge in [0.25, 0.3) is 0 Å². The van der Waals surface area contributed by atoms with E-state index in [9.17, 15) is 9.59 Å². The topological polar surface area (TPSA) is 58.2 Å². The average Bonchev–Trinajstić information content (AvgIpc) is 2.35. The number of rotatable bonds is 5. The van der Waals surface area contributed by atoms with Crippen molar-refractivity contribution in [2.75, 3.05) is 12.3 Å². The first-order valence-corrected chi connectivity index (χ1v) is 7.82. The molecule has 0 radical (unpaired) electrons. The number of carbonyl (C=O) groups is 2. The highest BCUT2D eigenvalue weighted by atomic mass is 32.2. The predicted octanol–water partition coefficient (Wildman–Crippen LogP) is 2.53. The molecule has 0 aromatic carbocycles. The summed E-state index contributed by atoms with van der Waals surface area (Å²) < 4.78 is 0. The Hall–Kier alpha value is -0.710. The van der Waals surface area contributed by atoms with E-state index in [4.69, 9.17) is 0 Å². The van der Waals surface area contributed by atoms with Crippen LogP contribution in [0.25, 0.3) is 0 Å². The second-order valence-corrected chi connectivity index (χ2v) is 6.51. The maximum Gasteiger partial charge on any atom is 0.321 e. The highest BCUT2D eigenvalue weighted by Gasteiger charge is 2.16. The molecule has 0 aromatic rings. The fourth-order valence-electron chi connectivity index (χ4n) is 1.93. The molecule has 1 fully saturated rings. The number of thioether (sulfide) groups is 1. The van der Waals surface area contributed by atoms with Crippen LogP contribution in [0.3, 0.4) is 0 Å². The van der Waals surface area contributed by atoms with Crippen molar-refractivity contribution in [1.29, 1.82) is 0 Å². The van der Waals surface area contributed by atoms with Crippen LogP contribution in [-0.2, 0) is 4.79 Å². The van der Waals surface area contributed by atoms with E-state index in [1.54, 1.807) is 11.8 Å². The van der Waals surface area contributed by atoms with Gasteiger partial charge >= 0.3 is 6.03 Å². The molecule has 1 aliphatic rings. The molecular weight excluding hydrogens is 248 g/mol. The van der Waals surface area contributed by atoms with E-state index in [1.807, 2.05) is 13.8 Å². The van der Waals surface area contributed by atoms with Gasteiger partial charge in [-0.3, -0.25) is 10.1 Å². The predicted molar refractivity (Wildman–Crippen MR) is 75.7 cm³/mol. The van der Waals surface area contributed by atoms with Gasteiger partial charge in [0, 0.05) is 11.8 Å². The van der Waals surface area contributed by atoms with Crippen LogP contribution < -0.4 is 10.6 Å². The smallest absolute Gasteiger partial charge is 0.321 e. The van der Waals surface area contributed by atoms with Crippen LogP contribution in [0.1, 0.15) is 46.0 Å². The van der Waals surface area contributed by atoms with Crippen LogP contribution >= 0.6 is 11.8 Å². The lowest BCUT2D eigenvalue weighted by atomic mass is 10.0. The van der Waals surface area contributed by atoms with Crippen molar-refractivity contribution in [3.8, 4) is 0 Å². The fourth-order valence-corrected chi connectivity index (χ4v) is 3.05. The zero-order valence-electron chi connectivity index (χ0n) is 11.3. The number of nitrogens with one attached hydrogen (secondary N) is 2. The second-order valence-electron chi connectivity index (χ2n) is 5.22. The monoisotopic (exact) mass is 272 g/mol. The van der Waals surface area contributed by atoms with E-state index in [0.717, 1.165) is 0 Å². The average molecular weight is 272 g/mol. The lowest BCUT2D eigenvalue weighted by Gasteiger charge is -2.20. The van der Waals surface area contributed by atoms with Gasteiger partial charge in [0.15, 0.2) is 0 Å². The van der Waals surface area contributed by atoms with E-state index < -0.39 is 0 Å². The van der Waals surface area contributed by atoms with E-state index in [0.29, 0.717) is 23.5 Å². The van der Waals surface area contributed by atoms with E-state index in [2.05, 4.69) is 10.6 Å². The van der Waals surface area contributed by atoms with Crippen molar-refractivity contribution in [2.24, 2.45) is 5.92 Å². The Morgan fingerprint density at radius 3 is 2.50 bits per heavy atom. The van der Waals surface area contributed by atoms with Gasteiger partial charge in [-0.25, -0.2) is 4.79 Å². The van der Waals surface area contributed by atoms with Gasteiger partial charge in [-0.2, -0.15) is 0 Å². The number of hydrogen-bond acceptors (Lipinski definition) is 3. The molecule has 18 heavy (non-hydrogen) atoms. The number of amides is 3. The molecule has 1 rings (SSSR count). The van der Waals surface area contributed by atoms with E-state index in [-0.39, 0.29) is 11.9 Å². The van der Waals surface area contributed by atoms with Gasteiger partial charge in [-0.15, -0.1) is 11.8 Å². The van der Waals surface area contributed by atoms with Crippen molar-refractivity contribution in [1.82, 2.24) is 10.6 Å². The van der Waals surface area contributed by atoms with Crippen molar-refractivity contribution in [2.45, 2.75) is 51.2 Å². The number of urea groups is 1. The maximum atomic E-state index is 11.5. The minimum absolute atomic E-state index is 0.188. The zero-order chi connectivity index (χ0) is 13.4. The standard InChI is InChI=1S/C13H24N2O2S/c1-10(2)8-14-13(17)15-12(16)9-18-11-6-4-3-5-7-11/h10-11H,3-9H2,1-2H3,(H2,14,15,16,17). The van der Waals surface area contributed by atoms with Crippen LogP contribution in [0.15, 0.2) is 0 Å². The Kier molecular flexibility index (Phi) is 7.16. The summed E-state index contributed by atoms with van der Waals surface area (Å²) in [5.74, 6) is 0.592. The molecule has 3 amide bonds. The molecule has 0 heterocycles. The zero-order valence-corrected chi connectivity index (χ0v) is 12.1. The Bertz CT molecular complexity index is 276. The molecule has 0 saturated heterocycles. The molecule has 0 atom stereocenters. The summed E-state index contributed by atoms with van der Waals surface area (Å²) in [6.45, 7) is 4.62. The summed E-state index contributed by atoms with van der Waals surface area (Å²) in [7, 11) is 0. The summed E-state index contributed by atoms with van der Waals surface area (Å²) >= 11 is 1.68. The van der Waals surface area contributed by atoms with Crippen molar-refractivity contribution in [3.63, 3.8) is 0 Å². The van der Waals surface area contributed by atoms with Crippen molar-refractivity contribution < 1.29 is 9.59 Å². The molecule has 104 valence electrons. The lowest BCUT2D eigenvalue weighted by Crippen LogP contribution is -2.41. The Morgan fingerprint density at radius 2 is 1.89 bits per heavy atom. The lowest BCUT2D eigenvalue weighted by molar-refractivity contribution is -0.117. The van der Waals surface area contributed by atoms with E-state index >= 15 is 0 Å². The van der Waals surface area contributed by atoms with Gasteiger partial charge < -0.3 is 5.32 Å². The maximum absolute atomic E-state index is 11.5. The molecule has 0 bridgehead atoms. The third kappa shape index (κ3) is 6.89. The van der Waals surface area contributed by atoms with E-state index in [1.165, 1.54) is 32.1 Å². The third-order valence-electron chi connectivity index (χ3n) is 2.93. The fraction of sp³-hybridized carbons (Fsp3) is 0.846. The van der Waals surface area contributed by atoms with Gasteiger partial charge in [0.05, 0.1) is 5.75 Å². The summed E-state index contributed by atoms with van der Waals surface area (Å²) in [6, 6.07) is -0.377. The van der Waals surface area contributed by atoms with Crippen molar-refractivity contribution >= 4 is 23.7 Å². The van der Waals surface area contributed by atoms with Crippen molar-refractivity contribution in [3.05, 3.63) is 0 Å². The molecular formula is C13H24N2O2S. The Morgan fingerprint density at radius 1 is 1.22 bits per heavy atom. The molecule has 5 heteroatoms. The molecule has 1 saturated carbocycles. The van der Waals surface area contributed by atoms with Gasteiger partial charge in [0.1, 0.15) is 0 Å². The quantitative estimate of drug-likeness (QED) is 0.808. The van der Waals surface area contributed by atoms with Gasteiger partial charge in [-0.1, -0.05) is 33.1 Å². The normalized spacial score (nSPS) is 16.6. The molecule has 4 nitrogen and oxygen atoms in total. The molecule has 1 aliphatic carbocycles. The number of carbonyl (C=O) groups excluding carboxylic acids is 2. The van der Waals surface area contributed by atoms with Crippen LogP contribution in [0.5, 0.6) is 0 Å². The number of hydrogen-bond donors (Lipinski definition) is 2. The summed E-state index contributed by atoms with van der Waals surface area (Å²) in [4.78, 5) is 22.9. The molecule has 0 spiro atoms. The van der Waals surface area contributed by atoms with Gasteiger partial charge in [-0.05, 0) is 18.8 Å². The first kappa shape index (κ1) is 15.3. The van der Waals surface area contributed by atoms with Crippen LogP contribution in [0.4, 0.5) is 4.79 Å². The first-order chi connectivity index (χ1) is 8.58. The molecule has 0 unspecified atom stereocenters. The number of imide groups is 1. The van der Waals surface area contributed by atoms with Crippen LogP contribution in [0.2, 0.25) is 0 Å². The van der Waals surface area contributed by atoms with Crippen LogP contribution in [-0.4, -0.2) is 29.5 Å². The highest BCUT2D eigenvalue weighted by Crippen LogP contribution is 2.27. The Labute approximate surface area is 114 Å². The molecule has 2 N–H and O–H groups in total. The minimum Gasteiger partial charge on any atom is -0.338 e. The second kappa shape index (κ2) is 8.40.